The molecule has 144 valence electrons. The van der Waals surface area contributed by atoms with Crippen LogP contribution in [0.2, 0.25) is 0 Å². The number of hydrogen-bond acceptors (Lipinski definition) is 6. The summed E-state index contributed by atoms with van der Waals surface area (Å²) in [5.74, 6) is 0.414. The lowest BCUT2D eigenvalue weighted by molar-refractivity contribution is -0.124. The van der Waals surface area contributed by atoms with Gasteiger partial charge in [0, 0.05) is 37.3 Å². The lowest BCUT2D eigenvalue weighted by atomic mass is 10.1. The zero-order valence-electron chi connectivity index (χ0n) is 15.3. The third kappa shape index (κ3) is 3.52. The maximum Gasteiger partial charge on any atom is 0.234 e. The Kier molecular flexibility index (Phi) is 4.90. The van der Waals surface area contributed by atoms with Crippen LogP contribution in [0.4, 0.5) is 5.82 Å². The monoisotopic (exact) mass is 379 g/mol. The van der Waals surface area contributed by atoms with E-state index in [-0.39, 0.29) is 5.91 Å². The number of piperazine rings is 1. The molecule has 2 aromatic rings. The van der Waals surface area contributed by atoms with Gasteiger partial charge < -0.3 is 16.4 Å². The molecular weight excluding hydrogens is 358 g/mol. The maximum atomic E-state index is 11.7. The summed E-state index contributed by atoms with van der Waals surface area (Å²) < 4.78 is 1.79. The normalized spacial score (nSPS) is 17.6. The van der Waals surface area contributed by atoms with Gasteiger partial charge in [0.25, 0.3) is 0 Å². The smallest absolute Gasteiger partial charge is 0.234 e. The van der Waals surface area contributed by atoms with Crippen molar-refractivity contribution in [1.29, 1.82) is 0 Å². The second kappa shape index (κ2) is 7.65. The predicted molar refractivity (Wildman–Crippen MR) is 105 cm³/mol. The van der Waals surface area contributed by atoms with Crippen LogP contribution in [0.15, 0.2) is 42.4 Å². The van der Waals surface area contributed by atoms with Crippen LogP contribution in [0.25, 0.3) is 11.1 Å². The molecule has 1 saturated heterocycles. The number of aromatic nitrogens is 3. The SMILES string of the molecule is Nc1ncnn2c(CN3CCNC(=O)C3)cc(C3=CC=C(NC=O)CC=C3)c12. The van der Waals surface area contributed by atoms with Crippen LogP contribution in [0.1, 0.15) is 17.7 Å². The lowest BCUT2D eigenvalue weighted by Gasteiger charge is -2.25. The van der Waals surface area contributed by atoms with Gasteiger partial charge in [0.15, 0.2) is 5.82 Å². The van der Waals surface area contributed by atoms with Gasteiger partial charge in [0.05, 0.1) is 12.2 Å². The summed E-state index contributed by atoms with van der Waals surface area (Å²) in [5.41, 5.74) is 10.5. The van der Waals surface area contributed by atoms with Crippen LogP contribution >= 0.6 is 0 Å². The molecule has 1 fully saturated rings. The van der Waals surface area contributed by atoms with Gasteiger partial charge in [-0.2, -0.15) is 5.10 Å². The van der Waals surface area contributed by atoms with Crippen LogP contribution in [0.5, 0.6) is 0 Å². The third-order valence-corrected chi connectivity index (χ3v) is 4.81. The molecule has 4 rings (SSSR count). The molecule has 1 aliphatic heterocycles. The first-order chi connectivity index (χ1) is 13.7. The topological polar surface area (TPSA) is 118 Å². The molecule has 2 aromatic heterocycles. The van der Waals surface area contributed by atoms with E-state index in [1.165, 1.54) is 6.33 Å². The molecule has 0 unspecified atom stereocenters. The number of anilines is 1. The number of nitrogens with two attached hydrogens (primary N) is 1. The quantitative estimate of drug-likeness (QED) is 0.640. The van der Waals surface area contributed by atoms with E-state index < -0.39 is 0 Å². The summed E-state index contributed by atoms with van der Waals surface area (Å²) in [6.07, 6.45) is 10.5. The number of carbonyl (C=O) groups is 2. The van der Waals surface area contributed by atoms with E-state index in [9.17, 15) is 9.59 Å². The molecule has 0 saturated carbocycles. The zero-order chi connectivity index (χ0) is 19.5. The Balaban J connectivity index is 1.75. The Morgan fingerprint density at radius 2 is 2.25 bits per heavy atom. The molecule has 3 heterocycles. The minimum Gasteiger partial charge on any atom is -0.382 e. The number of fused-ring (bicyclic) bond motifs is 1. The Bertz CT molecular complexity index is 1020. The Labute approximate surface area is 161 Å². The largest absolute Gasteiger partial charge is 0.382 e. The number of nitrogen functional groups attached to an aromatic ring is 1. The van der Waals surface area contributed by atoms with Crippen molar-refractivity contribution in [1.82, 2.24) is 30.1 Å². The first-order valence-electron chi connectivity index (χ1n) is 9.04. The summed E-state index contributed by atoms with van der Waals surface area (Å²) in [5, 5.41) is 9.91. The summed E-state index contributed by atoms with van der Waals surface area (Å²) >= 11 is 0. The lowest BCUT2D eigenvalue weighted by Crippen LogP contribution is -2.47. The van der Waals surface area contributed by atoms with Crippen molar-refractivity contribution < 1.29 is 9.59 Å². The first-order valence-corrected chi connectivity index (χ1v) is 9.04. The van der Waals surface area contributed by atoms with E-state index in [2.05, 4.69) is 25.6 Å². The van der Waals surface area contributed by atoms with Crippen LogP contribution in [-0.2, 0) is 16.1 Å². The van der Waals surface area contributed by atoms with Crippen LogP contribution < -0.4 is 16.4 Å². The zero-order valence-corrected chi connectivity index (χ0v) is 15.3. The molecule has 1 aliphatic carbocycles. The fourth-order valence-electron chi connectivity index (χ4n) is 3.51. The highest BCUT2D eigenvalue weighted by Crippen LogP contribution is 2.29. The molecule has 9 nitrogen and oxygen atoms in total. The summed E-state index contributed by atoms with van der Waals surface area (Å²) in [7, 11) is 0. The van der Waals surface area contributed by atoms with E-state index >= 15 is 0 Å². The molecule has 9 heteroatoms. The second-order valence-electron chi connectivity index (χ2n) is 6.70. The van der Waals surface area contributed by atoms with E-state index in [1.807, 2.05) is 30.4 Å². The number of amides is 2. The van der Waals surface area contributed by atoms with Gasteiger partial charge in [-0.05, 0) is 17.7 Å². The summed E-state index contributed by atoms with van der Waals surface area (Å²) in [6.45, 7) is 2.35. The Hall–Kier alpha value is -3.46. The molecule has 4 N–H and O–H groups in total. The van der Waals surface area contributed by atoms with E-state index in [4.69, 9.17) is 5.73 Å². The molecule has 0 bridgehead atoms. The van der Waals surface area contributed by atoms with Gasteiger partial charge in [-0.15, -0.1) is 0 Å². The highest BCUT2D eigenvalue weighted by molar-refractivity contribution is 5.90. The van der Waals surface area contributed by atoms with Crippen LogP contribution in [0, 0.1) is 0 Å². The molecule has 28 heavy (non-hydrogen) atoms. The van der Waals surface area contributed by atoms with Gasteiger partial charge >= 0.3 is 0 Å². The fourth-order valence-corrected chi connectivity index (χ4v) is 3.51. The molecule has 2 aliphatic rings. The van der Waals surface area contributed by atoms with E-state index in [1.54, 1.807) is 4.52 Å². The van der Waals surface area contributed by atoms with Gasteiger partial charge in [0.2, 0.25) is 12.3 Å². The average molecular weight is 379 g/mol. The molecule has 0 atom stereocenters. The maximum absolute atomic E-state index is 11.7. The van der Waals surface area contributed by atoms with Crippen molar-refractivity contribution in [3.63, 3.8) is 0 Å². The number of nitrogens with zero attached hydrogens (tertiary/aromatic N) is 4. The van der Waals surface area contributed by atoms with Crippen molar-refractivity contribution in [3.05, 3.63) is 53.7 Å². The van der Waals surface area contributed by atoms with Crippen LogP contribution in [0.3, 0.4) is 0 Å². The highest BCUT2D eigenvalue weighted by atomic mass is 16.2. The van der Waals surface area contributed by atoms with Gasteiger partial charge in [0.1, 0.15) is 11.8 Å². The van der Waals surface area contributed by atoms with Gasteiger partial charge in [-0.1, -0.05) is 18.2 Å². The summed E-state index contributed by atoms with van der Waals surface area (Å²) in [6, 6.07) is 2.04. The van der Waals surface area contributed by atoms with Crippen molar-refractivity contribution in [2.24, 2.45) is 0 Å². The number of nitrogens with one attached hydrogen (secondary N) is 2. The Morgan fingerprint density at radius 1 is 1.36 bits per heavy atom. The Morgan fingerprint density at radius 3 is 3.07 bits per heavy atom. The van der Waals surface area contributed by atoms with E-state index in [0.29, 0.717) is 38.3 Å². The van der Waals surface area contributed by atoms with Crippen LogP contribution in [-0.4, -0.2) is 51.4 Å². The molecule has 2 amide bonds. The van der Waals surface area contributed by atoms with Gasteiger partial charge in [-0.3, -0.25) is 14.5 Å². The third-order valence-electron chi connectivity index (χ3n) is 4.81. The molecular formula is C19H21N7O2. The number of allylic oxidation sites excluding steroid dienone is 5. The fraction of sp³-hybridized carbons (Fsp3) is 0.263. The van der Waals surface area contributed by atoms with Crippen molar-refractivity contribution in [2.75, 3.05) is 25.4 Å². The predicted octanol–water partition coefficient (Wildman–Crippen LogP) is 0.217. The molecule has 0 spiro atoms. The highest BCUT2D eigenvalue weighted by Gasteiger charge is 2.21. The minimum atomic E-state index is 0.0243. The van der Waals surface area contributed by atoms with Crippen molar-refractivity contribution in [3.8, 4) is 0 Å². The van der Waals surface area contributed by atoms with Crippen molar-refractivity contribution in [2.45, 2.75) is 13.0 Å². The van der Waals surface area contributed by atoms with E-state index in [0.717, 1.165) is 34.6 Å². The minimum absolute atomic E-state index is 0.0243. The average Bonchev–Trinajstić information content (AvgIpc) is 2.88. The van der Waals surface area contributed by atoms with Gasteiger partial charge in [-0.25, -0.2) is 9.50 Å². The number of rotatable bonds is 5. The first kappa shape index (κ1) is 17.9. The van der Waals surface area contributed by atoms with Crippen molar-refractivity contribution >= 4 is 29.2 Å². The molecule has 0 aromatic carbocycles. The summed E-state index contributed by atoms with van der Waals surface area (Å²) in [4.78, 5) is 28.6. The standard InChI is InChI=1S/C19H21N7O2/c20-19-18-16(13-2-1-3-14(5-4-13)23-12-27)8-15(26(18)24-11-22-19)9-25-7-6-21-17(28)10-25/h1-2,4-5,8,11-12H,3,6-7,9-10H2,(H,21,28)(H,23,27)(H2,20,22,24). The molecule has 0 radical (unpaired) electrons. The second-order valence-corrected chi connectivity index (χ2v) is 6.70. The number of carbonyl (C=O) groups excluding carboxylic acids is 2. The number of hydrogen-bond donors (Lipinski definition) is 3.